The Morgan fingerprint density at radius 2 is 1.94 bits per heavy atom. The summed E-state index contributed by atoms with van der Waals surface area (Å²) in [5.74, 6) is 0.858. The molecule has 1 aromatic carbocycles. The van der Waals surface area contributed by atoms with E-state index in [-0.39, 0.29) is 0 Å². The van der Waals surface area contributed by atoms with Crippen LogP contribution >= 0.6 is 12.2 Å². The maximum absolute atomic E-state index is 5.13. The van der Waals surface area contributed by atoms with Crippen LogP contribution in [0.15, 0.2) is 36.4 Å². The van der Waals surface area contributed by atoms with Crippen molar-refractivity contribution in [1.29, 1.82) is 0 Å². The number of methoxy groups -OCH3 is 1. The Hall–Kier alpha value is -1.55. The molecule has 0 aromatic heterocycles. The molecule has 2 N–H and O–H groups in total. The molecule has 0 aliphatic heterocycles. The van der Waals surface area contributed by atoms with Crippen LogP contribution in [0.5, 0.6) is 5.75 Å². The number of thiocarbonyl (C=S) groups is 1. The Labute approximate surface area is 108 Å². The summed E-state index contributed by atoms with van der Waals surface area (Å²) in [6, 6.07) is 7.88. The Morgan fingerprint density at radius 3 is 2.47 bits per heavy atom. The van der Waals surface area contributed by atoms with Crippen LogP contribution in [0, 0.1) is 0 Å². The van der Waals surface area contributed by atoms with E-state index >= 15 is 0 Å². The minimum atomic E-state index is 0.642. The molecule has 0 atom stereocenters. The fourth-order valence-electron chi connectivity index (χ4n) is 1.22. The second kappa shape index (κ2) is 6.91. The van der Waals surface area contributed by atoms with Gasteiger partial charge in [0.2, 0.25) is 0 Å². The monoisotopic (exact) mass is 250 g/mol. The minimum Gasteiger partial charge on any atom is -0.497 e. The van der Waals surface area contributed by atoms with E-state index in [1.54, 1.807) is 7.11 Å². The largest absolute Gasteiger partial charge is 0.497 e. The minimum absolute atomic E-state index is 0.642. The highest BCUT2D eigenvalue weighted by Gasteiger charge is 1.97. The lowest BCUT2D eigenvalue weighted by atomic mass is 10.2. The first-order valence-electron chi connectivity index (χ1n) is 5.41. The van der Waals surface area contributed by atoms with Gasteiger partial charge in [-0.1, -0.05) is 24.3 Å². The molecular weight excluding hydrogens is 232 g/mol. The van der Waals surface area contributed by atoms with Crippen LogP contribution < -0.4 is 15.4 Å². The molecule has 0 heterocycles. The molecule has 0 spiro atoms. The lowest BCUT2D eigenvalue weighted by Crippen LogP contribution is -2.35. The van der Waals surface area contributed by atoms with E-state index in [1.807, 2.05) is 31.2 Å². The van der Waals surface area contributed by atoms with Crippen molar-refractivity contribution < 1.29 is 4.74 Å². The molecule has 1 rings (SSSR count). The quantitative estimate of drug-likeness (QED) is 0.620. The molecule has 0 fully saturated rings. The van der Waals surface area contributed by atoms with Crippen LogP contribution in [-0.4, -0.2) is 18.8 Å². The van der Waals surface area contributed by atoms with Gasteiger partial charge in [-0.05, 0) is 36.8 Å². The summed E-state index contributed by atoms with van der Waals surface area (Å²) in [7, 11) is 1.66. The SMILES string of the molecule is C=C(C)CNC(=S)NCc1ccc(OC)cc1. The van der Waals surface area contributed by atoms with Crippen molar-refractivity contribution in [2.24, 2.45) is 0 Å². The first kappa shape index (κ1) is 13.5. The fraction of sp³-hybridized carbons (Fsp3) is 0.308. The second-order valence-electron chi connectivity index (χ2n) is 3.84. The predicted octanol–water partition coefficient (Wildman–Crippen LogP) is 2.24. The van der Waals surface area contributed by atoms with Gasteiger partial charge in [-0.25, -0.2) is 0 Å². The highest BCUT2D eigenvalue weighted by molar-refractivity contribution is 7.80. The van der Waals surface area contributed by atoms with Gasteiger partial charge < -0.3 is 15.4 Å². The average molecular weight is 250 g/mol. The molecule has 0 amide bonds. The molecule has 0 aliphatic rings. The van der Waals surface area contributed by atoms with Crippen molar-refractivity contribution in [2.75, 3.05) is 13.7 Å². The van der Waals surface area contributed by atoms with Crippen molar-refractivity contribution in [3.8, 4) is 5.75 Å². The van der Waals surface area contributed by atoms with Gasteiger partial charge in [0.15, 0.2) is 5.11 Å². The Bertz CT molecular complexity index is 387. The molecule has 0 bridgehead atoms. The Balaban J connectivity index is 2.34. The lowest BCUT2D eigenvalue weighted by molar-refractivity contribution is 0.414. The standard InChI is InChI=1S/C13H18N2OS/c1-10(2)8-14-13(17)15-9-11-4-6-12(16-3)7-5-11/h4-7H,1,8-9H2,2-3H3,(H2,14,15,17). The maximum atomic E-state index is 5.13. The molecule has 0 aliphatic carbocycles. The van der Waals surface area contributed by atoms with Gasteiger partial charge in [-0.3, -0.25) is 0 Å². The molecule has 92 valence electrons. The van der Waals surface area contributed by atoms with Crippen molar-refractivity contribution in [1.82, 2.24) is 10.6 Å². The second-order valence-corrected chi connectivity index (χ2v) is 4.25. The van der Waals surface area contributed by atoms with Crippen molar-refractivity contribution in [2.45, 2.75) is 13.5 Å². The normalized spacial score (nSPS) is 9.53. The van der Waals surface area contributed by atoms with Gasteiger partial charge in [-0.15, -0.1) is 0 Å². The summed E-state index contributed by atoms with van der Waals surface area (Å²) in [5, 5.41) is 6.84. The Kier molecular flexibility index (Phi) is 5.49. The van der Waals surface area contributed by atoms with Gasteiger partial charge >= 0.3 is 0 Å². The number of rotatable bonds is 5. The van der Waals surface area contributed by atoms with Crippen LogP contribution in [0.1, 0.15) is 12.5 Å². The summed E-state index contributed by atoms with van der Waals surface area (Å²) in [4.78, 5) is 0. The molecule has 3 nitrogen and oxygen atoms in total. The highest BCUT2D eigenvalue weighted by atomic mass is 32.1. The number of hydrogen-bond donors (Lipinski definition) is 2. The van der Waals surface area contributed by atoms with Crippen LogP contribution in [0.4, 0.5) is 0 Å². The summed E-state index contributed by atoms with van der Waals surface area (Å²) >= 11 is 5.13. The summed E-state index contributed by atoms with van der Waals surface area (Å²) in [6.45, 7) is 7.16. The van der Waals surface area contributed by atoms with Crippen molar-refractivity contribution in [3.63, 3.8) is 0 Å². The van der Waals surface area contributed by atoms with Crippen molar-refractivity contribution >= 4 is 17.3 Å². The first-order chi connectivity index (χ1) is 8.11. The van der Waals surface area contributed by atoms with E-state index in [9.17, 15) is 0 Å². The molecule has 0 saturated carbocycles. The van der Waals surface area contributed by atoms with Crippen molar-refractivity contribution in [3.05, 3.63) is 42.0 Å². The zero-order valence-electron chi connectivity index (χ0n) is 10.2. The van der Waals surface area contributed by atoms with Crippen LogP contribution in [-0.2, 0) is 6.54 Å². The lowest BCUT2D eigenvalue weighted by Gasteiger charge is -2.10. The van der Waals surface area contributed by atoms with Gasteiger partial charge in [-0.2, -0.15) is 0 Å². The third kappa shape index (κ3) is 5.36. The van der Waals surface area contributed by atoms with Crippen LogP contribution in [0.3, 0.4) is 0 Å². The van der Waals surface area contributed by atoms with E-state index in [4.69, 9.17) is 17.0 Å². The topological polar surface area (TPSA) is 33.3 Å². The molecule has 4 heteroatoms. The predicted molar refractivity (Wildman–Crippen MR) is 75.2 cm³/mol. The Morgan fingerprint density at radius 1 is 1.29 bits per heavy atom. The smallest absolute Gasteiger partial charge is 0.166 e. The molecular formula is C13H18N2OS. The highest BCUT2D eigenvalue weighted by Crippen LogP contribution is 2.10. The van der Waals surface area contributed by atoms with Gasteiger partial charge in [0.1, 0.15) is 5.75 Å². The van der Waals surface area contributed by atoms with Crippen LogP contribution in [0.2, 0.25) is 0 Å². The number of benzene rings is 1. The van der Waals surface area contributed by atoms with E-state index in [0.29, 0.717) is 18.2 Å². The van der Waals surface area contributed by atoms with Gasteiger partial charge in [0, 0.05) is 13.1 Å². The number of hydrogen-bond acceptors (Lipinski definition) is 2. The molecule has 1 aromatic rings. The fourth-order valence-corrected chi connectivity index (χ4v) is 1.36. The van der Waals surface area contributed by atoms with E-state index in [2.05, 4.69) is 17.2 Å². The third-order valence-electron chi connectivity index (χ3n) is 2.16. The molecule has 17 heavy (non-hydrogen) atoms. The van der Waals surface area contributed by atoms with E-state index in [0.717, 1.165) is 16.9 Å². The first-order valence-corrected chi connectivity index (χ1v) is 5.81. The number of nitrogens with one attached hydrogen (secondary N) is 2. The molecule has 0 saturated heterocycles. The summed E-state index contributed by atoms with van der Waals surface area (Å²) in [6.07, 6.45) is 0. The maximum Gasteiger partial charge on any atom is 0.166 e. The van der Waals surface area contributed by atoms with Gasteiger partial charge in [0.25, 0.3) is 0 Å². The third-order valence-corrected chi connectivity index (χ3v) is 2.45. The zero-order valence-corrected chi connectivity index (χ0v) is 11.1. The van der Waals surface area contributed by atoms with E-state index < -0.39 is 0 Å². The summed E-state index contributed by atoms with van der Waals surface area (Å²) < 4.78 is 5.09. The summed E-state index contributed by atoms with van der Waals surface area (Å²) in [5.41, 5.74) is 2.21. The van der Waals surface area contributed by atoms with Gasteiger partial charge in [0.05, 0.1) is 7.11 Å². The van der Waals surface area contributed by atoms with E-state index in [1.165, 1.54) is 0 Å². The zero-order chi connectivity index (χ0) is 12.7. The molecule has 0 unspecified atom stereocenters. The average Bonchev–Trinajstić information content (AvgIpc) is 2.34. The number of ether oxygens (including phenoxy) is 1. The van der Waals surface area contributed by atoms with Crippen LogP contribution in [0.25, 0.3) is 0 Å². The molecule has 0 radical (unpaired) electrons.